The molecule has 1 N–H and O–H groups in total. The minimum absolute atomic E-state index is 0.0824. The third-order valence-corrected chi connectivity index (χ3v) is 5.10. The average Bonchev–Trinajstić information content (AvgIpc) is 3.23. The van der Waals surface area contributed by atoms with Gasteiger partial charge in [-0.3, -0.25) is 9.69 Å². The first kappa shape index (κ1) is 20.0. The number of nitrogens with one attached hydrogen (secondary N) is 1. The molecule has 1 fully saturated rings. The first-order valence-electron chi connectivity index (χ1n) is 9.77. The number of nitrogens with zero attached hydrogens (tertiary/aromatic N) is 3. The summed E-state index contributed by atoms with van der Waals surface area (Å²) in [7, 11) is 0. The smallest absolute Gasteiger partial charge is 0.273 e. The van der Waals surface area contributed by atoms with Crippen LogP contribution in [0.2, 0.25) is 0 Å². The highest BCUT2D eigenvalue weighted by Crippen LogP contribution is 2.18. The number of halogens is 2. The third-order valence-electron chi connectivity index (χ3n) is 5.10. The van der Waals surface area contributed by atoms with Crippen LogP contribution in [-0.2, 0) is 13.1 Å². The number of anilines is 1. The van der Waals surface area contributed by atoms with Crippen molar-refractivity contribution in [2.45, 2.75) is 13.1 Å². The van der Waals surface area contributed by atoms with Crippen molar-refractivity contribution in [1.82, 2.24) is 15.2 Å². The molecule has 2 aromatic carbocycles. The van der Waals surface area contributed by atoms with Crippen LogP contribution in [-0.4, -0.2) is 42.0 Å². The summed E-state index contributed by atoms with van der Waals surface area (Å²) in [5.41, 5.74) is 1.58. The Morgan fingerprint density at radius 2 is 1.77 bits per heavy atom. The zero-order valence-corrected chi connectivity index (χ0v) is 16.4. The Bertz CT molecular complexity index is 998. The second-order valence-corrected chi connectivity index (χ2v) is 7.14. The molecule has 0 unspecified atom stereocenters. The summed E-state index contributed by atoms with van der Waals surface area (Å²) in [5, 5.41) is 2.65. The van der Waals surface area contributed by atoms with Crippen molar-refractivity contribution >= 4 is 11.6 Å². The van der Waals surface area contributed by atoms with Gasteiger partial charge in [-0.25, -0.2) is 13.8 Å². The first-order chi connectivity index (χ1) is 14.6. The molecule has 1 aliphatic heterocycles. The highest BCUT2D eigenvalue weighted by molar-refractivity contribution is 5.91. The molecule has 0 radical (unpaired) electrons. The van der Waals surface area contributed by atoms with E-state index in [-0.39, 0.29) is 23.9 Å². The second kappa shape index (κ2) is 9.04. The maximum atomic E-state index is 13.6. The highest BCUT2D eigenvalue weighted by Gasteiger charge is 2.20. The van der Waals surface area contributed by atoms with E-state index in [1.54, 1.807) is 30.3 Å². The average molecular weight is 412 g/mol. The fourth-order valence-electron chi connectivity index (χ4n) is 3.40. The largest absolute Gasteiger partial charge is 0.447 e. The minimum Gasteiger partial charge on any atom is -0.447 e. The fraction of sp³-hybridized carbons (Fsp3) is 0.273. The van der Waals surface area contributed by atoms with Gasteiger partial charge in [-0.15, -0.1) is 0 Å². The molecule has 30 heavy (non-hydrogen) atoms. The summed E-state index contributed by atoms with van der Waals surface area (Å²) in [5.74, 6) is -0.552. The summed E-state index contributed by atoms with van der Waals surface area (Å²) < 4.78 is 32.2. The summed E-state index contributed by atoms with van der Waals surface area (Å²) in [4.78, 5) is 20.9. The van der Waals surface area contributed by atoms with Gasteiger partial charge in [0.15, 0.2) is 5.69 Å². The van der Waals surface area contributed by atoms with Crippen molar-refractivity contribution in [2.24, 2.45) is 0 Å². The number of benzene rings is 2. The Labute approximate surface area is 173 Å². The van der Waals surface area contributed by atoms with Crippen LogP contribution in [0.4, 0.5) is 14.5 Å². The van der Waals surface area contributed by atoms with Gasteiger partial charge in [-0.05, 0) is 30.3 Å². The van der Waals surface area contributed by atoms with Crippen molar-refractivity contribution in [2.75, 3.05) is 31.1 Å². The zero-order chi connectivity index (χ0) is 20.9. The number of hydrogen-bond acceptors (Lipinski definition) is 5. The molecule has 4 rings (SSSR count). The van der Waals surface area contributed by atoms with Crippen LogP contribution >= 0.6 is 0 Å². The molecule has 6 nitrogen and oxygen atoms in total. The monoisotopic (exact) mass is 412 g/mol. The number of hydrogen-bond donors (Lipinski definition) is 1. The molecule has 8 heteroatoms. The lowest BCUT2D eigenvalue weighted by Gasteiger charge is -2.35. The van der Waals surface area contributed by atoms with Crippen LogP contribution in [0.15, 0.2) is 59.2 Å². The van der Waals surface area contributed by atoms with Gasteiger partial charge in [0.1, 0.15) is 17.9 Å². The van der Waals surface area contributed by atoms with Crippen molar-refractivity contribution in [3.05, 3.63) is 83.6 Å². The van der Waals surface area contributed by atoms with Crippen molar-refractivity contribution < 1.29 is 18.0 Å². The van der Waals surface area contributed by atoms with Crippen LogP contribution < -0.4 is 10.2 Å². The number of rotatable bonds is 6. The van der Waals surface area contributed by atoms with Crippen LogP contribution in [0.25, 0.3) is 0 Å². The van der Waals surface area contributed by atoms with E-state index >= 15 is 0 Å². The van der Waals surface area contributed by atoms with Gasteiger partial charge in [0, 0.05) is 44.0 Å². The van der Waals surface area contributed by atoms with E-state index in [4.69, 9.17) is 4.42 Å². The van der Waals surface area contributed by atoms with Gasteiger partial charge in [-0.1, -0.05) is 18.2 Å². The Morgan fingerprint density at radius 1 is 1.03 bits per heavy atom. The Hall–Kier alpha value is -3.26. The third kappa shape index (κ3) is 4.83. The lowest BCUT2D eigenvalue weighted by Crippen LogP contribution is -2.46. The molecule has 1 amide bonds. The second-order valence-electron chi connectivity index (χ2n) is 7.14. The molecule has 1 aromatic heterocycles. The Kier molecular flexibility index (Phi) is 6.04. The predicted molar refractivity (Wildman–Crippen MR) is 108 cm³/mol. The number of carbonyl (C=O) groups is 1. The number of aromatic nitrogens is 1. The van der Waals surface area contributed by atoms with E-state index in [1.165, 1.54) is 24.5 Å². The highest BCUT2D eigenvalue weighted by atomic mass is 19.1. The Morgan fingerprint density at radius 3 is 2.50 bits per heavy atom. The molecule has 2 heterocycles. The predicted octanol–water partition coefficient (Wildman–Crippen LogP) is 3.21. The van der Waals surface area contributed by atoms with Crippen LogP contribution in [0, 0.1) is 11.6 Å². The Balaban J connectivity index is 1.27. The molecule has 1 aliphatic rings. The summed E-state index contributed by atoms with van der Waals surface area (Å²) >= 11 is 0. The molecular formula is C22H22F2N4O2. The number of oxazole rings is 1. The first-order valence-corrected chi connectivity index (χ1v) is 9.77. The molecule has 156 valence electrons. The standard InChI is InChI=1S/C22H22F2N4O2/c23-17-5-7-18(8-6-17)28-11-9-27(10-12-28)14-21-26-20(15-30-21)22(29)25-13-16-3-1-2-4-19(16)24/h1-8,15H,9-14H2,(H,25,29). The van der Waals surface area contributed by atoms with Gasteiger partial charge >= 0.3 is 0 Å². The molecule has 3 aromatic rings. The molecule has 0 bridgehead atoms. The minimum atomic E-state index is -0.408. The van der Waals surface area contributed by atoms with E-state index in [1.807, 2.05) is 0 Å². The number of amides is 1. The molecule has 1 saturated heterocycles. The van der Waals surface area contributed by atoms with Gasteiger partial charge in [0.2, 0.25) is 5.89 Å². The van der Waals surface area contributed by atoms with Crippen LogP contribution in [0.1, 0.15) is 21.9 Å². The quantitative estimate of drug-likeness (QED) is 0.674. The topological polar surface area (TPSA) is 61.6 Å². The summed E-state index contributed by atoms with van der Waals surface area (Å²) in [6.45, 7) is 3.80. The SMILES string of the molecule is O=C(NCc1ccccc1F)c1coc(CN2CCN(c3ccc(F)cc3)CC2)n1. The molecule has 0 atom stereocenters. The number of carbonyl (C=O) groups excluding carboxylic acids is 1. The zero-order valence-electron chi connectivity index (χ0n) is 16.4. The van der Waals surface area contributed by atoms with Gasteiger partial charge in [0.25, 0.3) is 5.91 Å². The van der Waals surface area contributed by atoms with Gasteiger partial charge in [0.05, 0.1) is 6.54 Å². The molecule has 0 spiro atoms. The van der Waals surface area contributed by atoms with E-state index in [0.717, 1.165) is 31.9 Å². The summed E-state index contributed by atoms with van der Waals surface area (Å²) in [6.07, 6.45) is 1.32. The van der Waals surface area contributed by atoms with Crippen molar-refractivity contribution in [1.29, 1.82) is 0 Å². The molecule has 0 saturated carbocycles. The maximum Gasteiger partial charge on any atom is 0.273 e. The van der Waals surface area contributed by atoms with E-state index in [0.29, 0.717) is 18.0 Å². The number of piperazine rings is 1. The lowest BCUT2D eigenvalue weighted by molar-refractivity contribution is 0.0945. The summed E-state index contributed by atoms with van der Waals surface area (Å²) in [6, 6.07) is 12.8. The molecule has 0 aliphatic carbocycles. The van der Waals surface area contributed by atoms with Crippen LogP contribution in [0.5, 0.6) is 0 Å². The van der Waals surface area contributed by atoms with E-state index in [9.17, 15) is 13.6 Å². The fourth-order valence-corrected chi connectivity index (χ4v) is 3.40. The normalized spacial score (nSPS) is 14.7. The van der Waals surface area contributed by atoms with Crippen LogP contribution in [0.3, 0.4) is 0 Å². The van der Waals surface area contributed by atoms with Gasteiger partial charge in [-0.2, -0.15) is 0 Å². The van der Waals surface area contributed by atoms with Crippen molar-refractivity contribution in [3.8, 4) is 0 Å². The molecular weight excluding hydrogens is 390 g/mol. The maximum absolute atomic E-state index is 13.6. The lowest BCUT2D eigenvalue weighted by atomic mass is 10.2. The van der Waals surface area contributed by atoms with E-state index in [2.05, 4.69) is 20.1 Å². The van der Waals surface area contributed by atoms with E-state index < -0.39 is 5.91 Å². The van der Waals surface area contributed by atoms with Gasteiger partial charge < -0.3 is 14.6 Å². The van der Waals surface area contributed by atoms with Crippen molar-refractivity contribution in [3.63, 3.8) is 0 Å².